The molecule has 10 heteroatoms. The molecule has 0 saturated carbocycles. The molecule has 46 heavy (non-hydrogen) atoms. The molecule has 0 fully saturated rings. The molecule has 0 saturated heterocycles. The van der Waals surface area contributed by atoms with Crippen molar-refractivity contribution < 1.29 is 22.7 Å². The summed E-state index contributed by atoms with van der Waals surface area (Å²) in [6, 6.07) is 28.5. The van der Waals surface area contributed by atoms with Crippen molar-refractivity contribution in [3.63, 3.8) is 0 Å². The van der Waals surface area contributed by atoms with Gasteiger partial charge in [-0.2, -0.15) is 0 Å². The van der Waals surface area contributed by atoms with E-state index in [1.165, 1.54) is 29.2 Å². The Morgan fingerprint density at radius 2 is 1.57 bits per heavy atom. The number of carbonyl (C=O) groups excluding carboxylic acids is 2. The maximum Gasteiger partial charge on any atom is 0.264 e. The van der Waals surface area contributed by atoms with Gasteiger partial charge in [-0.25, -0.2) is 8.42 Å². The first-order valence-electron chi connectivity index (χ1n) is 15.2. The quantitative estimate of drug-likeness (QED) is 0.149. The average Bonchev–Trinajstić information content (AvgIpc) is 3.06. The maximum atomic E-state index is 14.5. The Kier molecular flexibility index (Phi) is 12.2. The van der Waals surface area contributed by atoms with Crippen LogP contribution in [-0.4, -0.2) is 51.4 Å². The summed E-state index contributed by atoms with van der Waals surface area (Å²) in [5.74, 6) is -0.244. The Labute approximate surface area is 277 Å². The van der Waals surface area contributed by atoms with Crippen LogP contribution in [0, 0.1) is 6.92 Å². The molecule has 0 radical (unpaired) electrons. The van der Waals surface area contributed by atoms with E-state index in [0.717, 1.165) is 33.8 Å². The van der Waals surface area contributed by atoms with Crippen LogP contribution >= 0.6 is 11.6 Å². The second-order valence-corrected chi connectivity index (χ2v) is 13.3. The summed E-state index contributed by atoms with van der Waals surface area (Å²) in [6.45, 7) is 3.91. The maximum absolute atomic E-state index is 14.5. The van der Waals surface area contributed by atoms with E-state index >= 15 is 0 Å². The van der Waals surface area contributed by atoms with E-state index in [-0.39, 0.29) is 23.8 Å². The number of ether oxygens (including phenoxy) is 1. The third-order valence-corrected chi connectivity index (χ3v) is 9.63. The lowest BCUT2D eigenvalue weighted by atomic mass is 10.0. The standard InChI is InChI=1S/C36H40ClN3O5S/c1-4-5-22-38-36(42)34(24-28-10-7-6-8-11-28)39(25-29-12-9-13-32(23-29)45-3)35(41)26-40(31-18-14-27(2)15-19-31)46(43,44)33-20-16-30(37)17-21-33/h6-21,23,34H,4-5,22,24-26H2,1-3H3,(H,38,42). The molecule has 4 rings (SSSR count). The second kappa shape index (κ2) is 16.3. The number of nitrogens with zero attached hydrogens (tertiary/aromatic N) is 2. The lowest BCUT2D eigenvalue weighted by Crippen LogP contribution is -2.53. The predicted octanol–water partition coefficient (Wildman–Crippen LogP) is 6.41. The molecular weight excluding hydrogens is 622 g/mol. The zero-order valence-corrected chi connectivity index (χ0v) is 27.9. The van der Waals surface area contributed by atoms with E-state index in [1.54, 1.807) is 43.5 Å². The van der Waals surface area contributed by atoms with E-state index < -0.39 is 28.5 Å². The molecule has 0 aliphatic carbocycles. The summed E-state index contributed by atoms with van der Waals surface area (Å²) in [4.78, 5) is 29.9. The highest BCUT2D eigenvalue weighted by atomic mass is 35.5. The fourth-order valence-corrected chi connectivity index (χ4v) is 6.54. The number of benzene rings is 4. The molecule has 1 unspecified atom stereocenters. The number of carbonyl (C=O) groups is 2. The Morgan fingerprint density at radius 1 is 0.891 bits per heavy atom. The third-order valence-electron chi connectivity index (χ3n) is 7.59. The lowest BCUT2D eigenvalue weighted by molar-refractivity contribution is -0.140. The molecule has 0 spiro atoms. The number of unbranched alkanes of at least 4 members (excludes halogenated alkanes) is 1. The van der Waals surface area contributed by atoms with E-state index in [2.05, 4.69) is 5.32 Å². The molecule has 1 atom stereocenters. The van der Waals surface area contributed by atoms with Crippen LogP contribution in [0.1, 0.15) is 36.5 Å². The average molecular weight is 662 g/mol. The van der Waals surface area contributed by atoms with Crippen molar-refractivity contribution in [2.45, 2.75) is 50.6 Å². The summed E-state index contributed by atoms with van der Waals surface area (Å²) in [7, 11) is -2.65. The van der Waals surface area contributed by atoms with Crippen LogP contribution in [-0.2, 0) is 32.6 Å². The number of methoxy groups -OCH3 is 1. The highest BCUT2D eigenvalue weighted by Crippen LogP contribution is 2.27. The Morgan fingerprint density at radius 3 is 2.22 bits per heavy atom. The van der Waals surface area contributed by atoms with Gasteiger partial charge in [0.2, 0.25) is 11.8 Å². The van der Waals surface area contributed by atoms with Crippen LogP contribution in [0.3, 0.4) is 0 Å². The molecule has 2 amide bonds. The third kappa shape index (κ3) is 9.11. The Hall–Kier alpha value is -4.34. The van der Waals surface area contributed by atoms with Crippen molar-refractivity contribution in [1.29, 1.82) is 0 Å². The first-order chi connectivity index (χ1) is 22.1. The first kappa shape index (κ1) is 34.5. The van der Waals surface area contributed by atoms with Gasteiger partial charge in [-0.15, -0.1) is 0 Å². The molecule has 242 valence electrons. The zero-order valence-electron chi connectivity index (χ0n) is 26.4. The normalized spacial score (nSPS) is 11.8. The molecule has 0 aromatic heterocycles. The van der Waals surface area contributed by atoms with Gasteiger partial charge < -0.3 is 15.0 Å². The van der Waals surface area contributed by atoms with Crippen LogP contribution in [0.5, 0.6) is 5.75 Å². The van der Waals surface area contributed by atoms with Gasteiger partial charge in [0.1, 0.15) is 18.3 Å². The van der Waals surface area contributed by atoms with E-state index in [1.807, 2.05) is 56.3 Å². The van der Waals surface area contributed by atoms with Gasteiger partial charge in [0.25, 0.3) is 10.0 Å². The van der Waals surface area contributed by atoms with Crippen molar-refractivity contribution >= 4 is 39.1 Å². The topological polar surface area (TPSA) is 96.0 Å². The molecule has 0 heterocycles. The molecule has 8 nitrogen and oxygen atoms in total. The zero-order chi connectivity index (χ0) is 33.1. The van der Waals surface area contributed by atoms with Crippen LogP contribution in [0.4, 0.5) is 5.69 Å². The second-order valence-electron chi connectivity index (χ2n) is 11.0. The van der Waals surface area contributed by atoms with Gasteiger partial charge in [0.05, 0.1) is 17.7 Å². The van der Waals surface area contributed by atoms with E-state index in [0.29, 0.717) is 23.0 Å². The minimum absolute atomic E-state index is 0.0113. The molecule has 4 aromatic carbocycles. The number of nitrogens with one attached hydrogen (secondary N) is 1. The SMILES string of the molecule is CCCCNC(=O)C(Cc1ccccc1)N(Cc1cccc(OC)c1)C(=O)CN(c1ccc(C)cc1)S(=O)(=O)c1ccc(Cl)cc1. The Balaban J connectivity index is 1.79. The molecule has 0 aliphatic rings. The fourth-order valence-electron chi connectivity index (χ4n) is 5.00. The molecule has 0 aliphatic heterocycles. The number of anilines is 1. The summed E-state index contributed by atoms with van der Waals surface area (Å²) >= 11 is 6.06. The summed E-state index contributed by atoms with van der Waals surface area (Å²) < 4.78 is 34.7. The van der Waals surface area contributed by atoms with Crippen molar-refractivity contribution in [1.82, 2.24) is 10.2 Å². The number of hydrogen-bond acceptors (Lipinski definition) is 5. The highest BCUT2D eigenvalue weighted by Gasteiger charge is 2.34. The molecule has 0 bridgehead atoms. The van der Waals surface area contributed by atoms with Crippen molar-refractivity contribution in [2.24, 2.45) is 0 Å². The Bertz CT molecular complexity index is 1700. The van der Waals surface area contributed by atoms with Gasteiger partial charge in [0, 0.05) is 24.5 Å². The van der Waals surface area contributed by atoms with Crippen molar-refractivity contribution in [3.8, 4) is 5.75 Å². The van der Waals surface area contributed by atoms with Crippen molar-refractivity contribution in [3.05, 3.63) is 125 Å². The van der Waals surface area contributed by atoms with Crippen LogP contribution < -0.4 is 14.4 Å². The van der Waals surface area contributed by atoms with Gasteiger partial charge >= 0.3 is 0 Å². The first-order valence-corrected chi connectivity index (χ1v) is 17.0. The van der Waals surface area contributed by atoms with Gasteiger partial charge in [-0.05, 0) is 73.0 Å². The van der Waals surface area contributed by atoms with Crippen LogP contribution in [0.15, 0.2) is 108 Å². The van der Waals surface area contributed by atoms with Crippen molar-refractivity contribution in [2.75, 3.05) is 24.5 Å². The predicted molar refractivity (Wildman–Crippen MR) is 183 cm³/mol. The number of amides is 2. The lowest BCUT2D eigenvalue weighted by Gasteiger charge is -2.34. The van der Waals surface area contributed by atoms with Crippen LogP contribution in [0.2, 0.25) is 5.02 Å². The minimum Gasteiger partial charge on any atom is -0.497 e. The van der Waals surface area contributed by atoms with E-state index in [9.17, 15) is 18.0 Å². The number of halogens is 1. The molecule has 4 aromatic rings. The van der Waals surface area contributed by atoms with Gasteiger partial charge in [0.15, 0.2) is 0 Å². The minimum atomic E-state index is -4.21. The number of rotatable bonds is 15. The smallest absolute Gasteiger partial charge is 0.264 e. The fraction of sp³-hybridized carbons (Fsp3) is 0.278. The summed E-state index contributed by atoms with van der Waals surface area (Å²) in [6.07, 6.45) is 1.92. The van der Waals surface area contributed by atoms with Crippen LogP contribution in [0.25, 0.3) is 0 Å². The van der Waals surface area contributed by atoms with E-state index in [4.69, 9.17) is 16.3 Å². The monoisotopic (exact) mass is 661 g/mol. The number of sulfonamides is 1. The number of hydrogen-bond donors (Lipinski definition) is 1. The van der Waals surface area contributed by atoms with Gasteiger partial charge in [-0.1, -0.05) is 85.1 Å². The largest absolute Gasteiger partial charge is 0.497 e. The van der Waals surface area contributed by atoms with Gasteiger partial charge in [-0.3, -0.25) is 13.9 Å². The number of aryl methyl sites for hydroxylation is 1. The molecule has 1 N–H and O–H groups in total. The summed E-state index contributed by atoms with van der Waals surface area (Å²) in [5.41, 5.74) is 2.85. The summed E-state index contributed by atoms with van der Waals surface area (Å²) in [5, 5.41) is 3.39. The highest BCUT2D eigenvalue weighted by molar-refractivity contribution is 7.92. The molecular formula is C36H40ClN3O5S.